The molecule has 128 valence electrons. The number of ether oxygens (including phenoxy) is 2. The predicted molar refractivity (Wildman–Crippen MR) is 84.2 cm³/mol. The number of nitrogens with zero attached hydrogens (tertiary/aromatic N) is 2. The highest BCUT2D eigenvalue weighted by atomic mass is 16.6. The lowest BCUT2D eigenvalue weighted by atomic mass is 10.1. The van der Waals surface area contributed by atoms with Crippen LogP contribution in [-0.4, -0.2) is 52.8 Å². The molecule has 0 saturated carbocycles. The zero-order valence-corrected chi connectivity index (χ0v) is 13.9. The highest BCUT2D eigenvalue weighted by Gasteiger charge is 2.46. The minimum absolute atomic E-state index is 0.257. The molecular weight excluding hydrogens is 312 g/mol. The van der Waals surface area contributed by atoms with Crippen LogP contribution in [0, 0.1) is 0 Å². The van der Waals surface area contributed by atoms with Gasteiger partial charge in [0.1, 0.15) is 5.60 Å². The summed E-state index contributed by atoms with van der Waals surface area (Å²) in [7, 11) is 0. The fourth-order valence-electron chi connectivity index (χ4n) is 2.79. The first-order valence-corrected chi connectivity index (χ1v) is 7.87. The van der Waals surface area contributed by atoms with Crippen molar-refractivity contribution in [1.82, 2.24) is 10.0 Å². The molecule has 0 bridgehead atoms. The van der Waals surface area contributed by atoms with Crippen molar-refractivity contribution in [2.24, 2.45) is 0 Å². The molecule has 24 heavy (non-hydrogen) atoms. The Kier molecular flexibility index (Phi) is 4.04. The second-order valence-corrected chi connectivity index (χ2v) is 6.81. The van der Waals surface area contributed by atoms with E-state index in [0.717, 1.165) is 10.0 Å². The van der Waals surface area contributed by atoms with E-state index >= 15 is 0 Å². The van der Waals surface area contributed by atoms with Gasteiger partial charge in [-0.1, -0.05) is 12.1 Å². The van der Waals surface area contributed by atoms with Crippen LogP contribution in [0.2, 0.25) is 0 Å². The van der Waals surface area contributed by atoms with Crippen LogP contribution in [0.5, 0.6) is 0 Å². The van der Waals surface area contributed by atoms with Crippen molar-refractivity contribution in [2.45, 2.75) is 38.8 Å². The predicted octanol–water partition coefficient (Wildman–Crippen LogP) is 2.22. The topological polar surface area (TPSA) is 76.2 Å². The first-order valence-electron chi connectivity index (χ1n) is 7.87. The molecule has 7 nitrogen and oxygen atoms in total. The van der Waals surface area contributed by atoms with Gasteiger partial charge in [0.05, 0.1) is 23.8 Å². The van der Waals surface area contributed by atoms with Gasteiger partial charge in [-0.05, 0) is 39.3 Å². The Morgan fingerprint density at radius 2 is 1.79 bits per heavy atom. The molecule has 1 aromatic rings. The number of hydrazine groups is 1. The second-order valence-electron chi connectivity index (χ2n) is 6.81. The standard InChI is InChI=1S/C17H20N2O5/c1-17(2,3)24-16(22)18(11-8-9-23-10-11)19-14(20)12-6-4-5-7-13(12)15(19)21/h4-7,11H,8-10H2,1-3H3/t11-/m0/s1. The summed E-state index contributed by atoms with van der Waals surface area (Å²) in [4.78, 5) is 38.1. The third-order valence-corrected chi connectivity index (χ3v) is 3.82. The first-order chi connectivity index (χ1) is 11.3. The number of fused-ring (bicyclic) bond motifs is 1. The van der Waals surface area contributed by atoms with Crippen molar-refractivity contribution in [3.05, 3.63) is 35.4 Å². The lowest BCUT2D eigenvalue weighted by molar-refractivity contribution is -0.0455. The molecule has 0 unspecified atom stereocenters. The molecule has 0 radical (unpaired) electrons. The third kappa shape index (κ3) is 2.87. The number of hydrogen-bond acceptors (Lipinski definition) is 5. The lowest BCUT2D eigenvalue weighted by Crippen LogP contribution is -2.56. The summed E-state index contributed by atoms with van der Waals surface area (Å²) in [6.45, 7) is 5.92. The Morgan fingerprint density at radius 3 is 2.25 bits per heavy atom. The number of amides is 3. The van der Waals surface area contributed by atoms with Gasteiger partial charge in [-0.15, -0.1) is 0 Å². The second kappa shape index (κ2) is 5.90. The smallest absolute Gasteiger partial charge is 0.430 e. The summed E-state index contributed by atoms with van der Waals surface area (Å²) in [5, 5.41) is 2.00. The van der Waals surface area contributed by atoms with Crippen molar-refractivity contribution in [3.8, 4) is 0 Å². The van der Waals surface area contributed by atoms with Gasteiger partial charge in [-0.2, -0.15) is 5.01 Å². The Morgan fingerprint density at radius 1 is 1.21 bits per heavy atom. The van der Waals surface area contributed by atoms with Crippen LogP contribution >= 0.6 is 0 Å². The largest absolute Gasteiger partial charge is 0.442 e. The number of rotatable bonds is 2. The maximum absolute atomic E-state index is 12.7. The van der Waals surface area contributed by atoms with Crippen LogP contribution in [0.25, 0.3) is 0 Å². The minimum Gasteiger partial charge on any atom is -0.442 e. The van der Waals surface area contributed by atoms with E-state index in [1.807, 2.05) is 0 Å². The number of hydrogen-bond donors (Lipinski definition) is 0. The number of carbonyl (C=O) groups excluding carboxylic acids is 3. The maximum atomic E-state index is 12.7. The lowest BCUT2D eigenvalue weighted by Gasteiger charge is -2.35. The van der Waals surface area contributed by atoms with Gasteiger partial charge in [0.2, 0.25) is 0 Å². The summed E-state index contributed by atoms with van der Waals surface area (Å²) in [5.74, 6) is -1.04. The molecule has 3 rings (SSSR count). The molecule has 2 aliphatic rings. The van der Waals surface area contributed by atoms with Gasteiger partial charge in [0.25, 0.3) is 11.8 Å². The fraction of sp³-hybridized carbons (Fsp3) is 0.471. The minimum atomic E-state index is -0.743. The molecule has 1 atom stereocenters. The van der Waals surface area contributed by atoms with Crippen molar-refractivity contribution < 1.29 is 23.9 Å². The quantitative estimate of drug-likeness (QED) is 0.776. The van der Waals surface area contributed by atoms with E-state index in [0.29, 0.717) is 13.0 Å². The molecule has 1 saturated heterocycles. The zero-order valence-electron chi connectivity index (χ0n) is 13.9. The van der Waals surface area contributed by atoms with Crippen molar-refractivity contribution in [2.75, 3.05) is 13.2 Å². The number of imide groups is 1. The van der Waals surface area contributed by atoms with Gasteiger partial charge >= 0.3 is 6.09 Å². The maximum Gasteiger partial charge on any atom is 0.430 e. The van der Waals surface area contributed by atoms with Crippen molar-refractivity contribution in [3.63, 3.8) is 0 Å². The summed E-state index contributed by atoms with van der Waals surface area (Å²) in [5.41, 5.74) is -0.169. The summed E-state index contributed by atoms with van der Waals surface area (Å²) >= 11 is 0. The zero-order chi connectivity index (χ0) is 17.5. The monoisotopic (exact) mass is 332 g/mol. The van der Waals surface area contributed by atoms with Crippen LogP contribution in [-0.2, 0) is 9.47 Å². The molecule has 2 heterocycles. The molecule has 1 aromatic carbocycles. The molecular formula is C17H20N2O5. The van der Waals surface area contributed by atoms with Crippen molar-refractivity contribution >= 4 is 17.9 Å². The van der Waals surface area contributed by atoms with Gasteiger partial charge < -0.3 is 9.47 Å². The molecule has 0 N–H and O–H groups in total. The number of carbonyl (C=O) groups is 3. The van der Waals surface area contributed by atoms with E-state index in [-0.39, 0.29) is 17.7 Å². The molecule has 3 amide bonds. The highest BCUT2D eigenvalue weighted by molar-refractivity contribution is 6.21. The van der Waals surface area contributed by atoms with Gasteiger partial charge in [-0.3, -0.25) is 9.59 Å². The fourth-order valence-corrected chi connectivity index (χ4v) is 2.79. The molecule has 0 spiro atoms. The summed E-state index contributed by atoms with van der Waals surface area (Å²) < 4.78 is 10.7. The van der Waals surface area contributed by atoms with Gasteiger partial charge in [0.15, 0.2) is 0 Å². The third-order valence-electron chi connectivity index (χ3n) is 3.82. The molecule has 2 aliphatic heterocycles. The normalized spacial score (nSPS) is 20.3. The van der Waals surface area contributed by atoms with E-state index in [4.69, 9.17) is 9.47 Å². The van der Waals surface area contributed by atoms with Crippen LogP contribution < -0.4 is 0 Å². The van der Waals surface area contributed by atoms with E-state index < -0.39 is 29.6 Å². The van der Waals surface area contributed by atoms with Crippen molar-refractivity contribution in [1.29, 1.82) is 0 Å². The average Bonchev–Trinajstić information content (AvgIpc) is 3.10. The van der Waals surface area contributed by atoms with E-state index in [1.54, 1.807) is 45.0 Å². The van der Waals surface area contributed by atoms with Crippen LogP contribution in [0.3, 0.4) is 0 Å². The Hall–Kier alpha value is -2.41. The Bertz CT molecular complexity index is 653. The molecule has 1 fully saturated rings. The van der Waals surface area contributed by atoms with E-state index in [2.05, 4.69) is 0 Å². The molecule has 7 heteroatoms. The highest BCUT2D eigenvalue weighted by Crippen LogP contribution is 2.28. The van der Waals surface area contributed by atoms with Crippen LogP contribution in [0.15, 0.2) is 24.3 Å². The van der Waals surface area contributed by atoms with Crippen LogP contribution in [0.4, 0.5) is 4.79 Å². The van der Waals surface area contributed by atoms with Gasteiger partial charge in [0, 0.05) is 6.61 Å². The Labute approximate surface area is 140 Å². The molecule has 0 aliphatic carbocycles. The van der Waals surface area contributed by atoms with E-state index in [9.17, 15) is 14.4 Å². The first kappa shape index (κ1) is 16.4. The Balaban J connectivity index is 1.96. The van der Waals surface area contributed by atoms with Gasteiger partial charge in [-0.25, -0.2) is 9.80 Å². The average molecular weight is 332 g/mol. The van der Waals surface area contributed by atoms with Crippen LogP contribution in [0.1, 0.15) is 47.9 Å². The summed E-state index contributed by atoms with van der Waals surface area (Å²) in [6.07, 6.45) is -0.195. The summed E-state index contributed by atoms with van der Waals surface area (Å²) in [6, 6.07) is 6.11. The van der Waals surface area contributed by atoms with E-state index in [1.165, 1.54) is 0 Å². The molecule has 0 aromatic heterocycles. The number of benzene rings is 1. The SMILES string of the molecule is CC(C)(C)OC(=O)N([C@H]1CCOC1)N1C(=O)c2ccccc2C1=O.